The fraction of sp³-hybridized carbons (Fsp3) is 0.200. The lowest BCUT2D eigenvalue weighted by Gasteiger charge is -2.07. The van der Waals surface area contributed by atoms with Crippen molar-refractivity contribution in [2.24, 2.45) is 0 Å². The Morgan fingerprint density at radius 3 is 2.47 bits per heavy atom. The molecular formula is C10H7Br2FN2. The third-order valence-electron chi connectivity index (χ3n) is 2.32. The normalized spacial score (nSPS) is 11.0. The zero-order chi connectivity index (χ0) is 11.2. The summed E-state index contributed by atoms with van der Waals surface area (Å²) in [6.07, 6.45) is 0. The third kappa shape index (κ3) is 1.78. The van der Waals surface area contributed by atoms with Crippen LogP contribution in [-0.4, -0.2) is 9.97 Å². The topological polar surface area (TPSA) is 25.8 Å². The van der Waals surface area contributed by atoms with Crippen LogP contribution in [0.25, 0.3) is 10.9 Å². The van der Waals surface area contributed by atoms with E-state index in [1.54, 1.807) is 0 Å². The van der Waals surface area contributed by atoms with Crippen LogP contribution in [0, 0.1) is 19.7 Å². The maximum atomic E-state index is 13.3. The third-order valence-corrected chi connectivity index (χ3v) is 3.48. The standard InChI is InChI=1S/C10H7Br2FN2/c1-4-5(2)14-9(11)6-3-7(13)10(12)15-8(4)6/h3H,1-2H3. The number of rotatable bonds is 0. The van der Waals surface area contributed by atoms with Gasteiger partial charge in [-0.1, -0.05) is 0 Å². The molecule has 0 bridgehead atoms. The average molecular weight is 334 g/mol. The van der Waals surface area contributed by atoms with Gasteiger partial charge in [0.2, 0.25) is 0 Å². The highest BCUT2D eigenvalue weighted by molar-refractivity contribution is 9.10. The fourth-order valence-corrected chi connectivity index (χ4v) is 2.23. The number of aryl methyl sites for hydroxylation is 2. The highest BCUT2D eigenvalue weighted by Crippen LogP contribution is 2.28. The molecule has 2 rings (SSSR count). The summed E-state index contributed by atoms with van der Waals surface area (Å²) in [7, 11) is 0. The first-order chi connectivity index (χ1) is 7.00. The number of fused-ring (bicyclic) bond motifs is 1. The number of halogens is 3. The summed E-state index contributed by atoms with van der Waals surface area (Å²) in [6.45, 7) is 3.83. The molecule has 2 heterocycles. The Morgan fingerprint density at radius 1 is 1.13 bits per heavy atom. The Morgan fingerprint density at radius 2 is 1.80 bits per heavy atom. The van der Waals surface area contributed by atoms with Crippen LogP contribution < -0.4 is 0 Å². The van der Waals surface area contributed by atoms with Crippen molar-refractivity contribution in [3.8, 4) is 0 Å². The lowest BCUT2D eigenvalue weighted by atomic mass is 10.1. The van der Waals surface area contributed by atoms with Crippen LogP contribution in [0.2, 0.25) is 0 Å². The molecule has 0 fully saturated rings. The van der Waals surface area contributed by atoms with E-state index >= 15 is 0 Å². The molecule has 78 valence electrons. The fourth-order valence-electron chi connectivity index (χ4n) is 1.37. The first kappa shape index (κ1) is 11.0. The van der Waals surface area contributed by atoms with Gasteiger partial charge in [-0.25, -0.2) is 14.4 Å². The van der Waals surface area contributed by atoms with Gasteiger partial charge < -0.3 is 0 Å². The molecule has 0 saturated carbocycles. The monoisotopic (exact) mass is 332 g/mol. The summed E-state index contributed by atoms with van der Waals surface area (Å²) in [6, 6.07) is 1.43. The van der Waals surface area contributed by atoms with E-state index in [1.807, 2.05) is 13.8 Å². The molecule has 0 radical (unpaired) electrons. The molecule has 5 heteroatoms. The minimum Gasteiger partial charge on any atom is -0.245 e. The van der Waals surface area contributed by atoms with Gasteiger partial charge in [-0.2, -0.15) is 0 Å². The molecular weight excluding hydrogens is 327 g/mol. The Bertz CT molecular complexity index is 555. The maximum Gasteiger partial charge on any atom is 0.156 e. The molecule has 2 aromatic heterocycles. The smallest absolute Gasteiger partial charge is 0.156 e. The lowest BCUT2D eigenvalue weighted by Crippen LogP contribution is -1.95. The minimum absolute atomic E-state index is 0.232. The van der Waals surface area contributed by atoms with Gasteiger partial charge in [0.05, 0.1) is 5.52 Å². The zero-order valence-corrected chi connectivity index (χ0v) is 11.3. The zero-order valence-electron chi connectivity index (χ0n) is 8.11. The molecule has 15 heavy (non-hydrogen) atoms. The van der Waals surface area contributed by atoms with Crippen LogP contribution >= 0.6 is 31.9 Å². The Hall–Kier alpha value is -0.550. The first-order valence-corrected chi connectivity index (χ1v) is 5.87. The van der Waals surface area contributed by atoms with Crippen molar-refractivity contribution >= 4 is 42.8 Å². The van der Waals surface area contributed by atoms with E-state index < -0.39 is 0 Å². The Balaban J connectivity index is 2.97. The highest BCUT2D eigenvalue weighted by Gasteiger charge is 2.11. The molecule has 0 saturated heterocycles. The van der Waals surface area contributed by atoms with Gasteiger partial charge in [-0.3, -0.25) is 0 Å². The summed E-state index contributed by atoms with van der Waals surface area (Å²) in [5.74, 6) is -0.381. The SMILES string of the molecule is Cc1nc(Br)c2cc(F)c(Br)nc2c1C. The van der Waals surface area contributed by atoms with E-state index in [2.05, 4.69) is 41.8 Å². The van der Waals surface area contributed by atoms with E-state index in [1.165, 1.54) is 6.07 Å². The van der Waals surface area contributed by atoms with Crippen molar-refractivity contribution in [1.29, 1.82) is 0 Å². The summed E-state index contributed by atoms with van der Waals surface area (Å²) in [4.78, 5) is 8.43. The molecule has 0 aliphatic rings. The highest BCUT2D eigenvalue weighted by atomic mass is 79.9. The number of aromatic nitrogens is 2. The quantitative estimate of drug-likeness (QED) is 0.683. The van der Waals surface area contributed by atoms with Gasteiger partial charge in [0.1, 0.15) is 9.21 Å². The summed E-state index contributed by atoms with van der Waals surface area (Å²) < 4.78 is 14.2. The van der Waals surface area contributed by atoms with Crippen LogP contribution in [0.15, 0.2) is 15.3 Å². The summed E-state index contributed by atoms with van der Waals surface area (Å²) >= 11 is 6.39. The van der Waals surface area contributed by atoms with Crippen molar-refractivity contribution < 1.29 is 4.39 Å². The predicted molar refractivity (Wildman–Crippen MR) is 64.4 cm³/mol. The van der Waals surface area contributed by atoms with Crippen molar-refractivity contribution in [2.45, 2.75) is 13.8 Å². The van der Waals surface area contributed by atoms with Gasteiger partial charge in [-0.15, -0.1) is 0 Å². The van der Waals surface area contributed by atoms with Gasteiger partial charge in [0.25, 0.3) is 0 Å². The van der Waals surface area contributed by atoms with Crippen LogP contribution in [0.4, 0.5) is 4.39 Å². The van der Waals surface area contributed by atoms with Crippen molar-refractivity contribution in [3.05, 3.63) is 32.3 Å². The molecule has 0 N–H and O–H groups in total. The molecule has 0 spiro atoms. The maximum absolute atomic E-state index is 13.3. The summed E-state index contributed by atoms with van der Waals surface area (Å²) in [5.41, 5.74) is 2.62. The van der Waals surface area contributed by atoms with Crippen molar-refractivity contribution in [3.63, 3.8) is 0 Å². The second-order valence-electron chi connectivity index (χ2n) is 3.27. The second kappa shape index (κ2) is 3.79. The van der Waals surface area contributed by atoms with E-state index in [4.69, 9.17) is 0 Å². The minimum atomic E-state index is -0.381. The molecule has 0 aromatic carbocycles. The Kier molecular flexibility index (Phi) is 2.77. The van der Waals surface area contributed by atoms with Crippen LogP contribution in [0.3, 0.4) is 0 Å². The van der Waals surface area contributed by atoms with Gasteiger partial charge >= 0.3 is 0 Å². The second-order valence-corrected chi connectivity index (χ2v) is 4.77. The molecule has 2 aromatic rings. The van der Waals surface area contributed by atoms with Crippen molar-refractivity contribution in [1.82, 2.24) is 9.97 Å². The number of hydrogen-bond acceptors (Lipinski definition) is 2. The molecule has 0 aliphatic heterocycles. The number of hydrogen-bond donors (Lipinski definition) is 0. The largest absolute Gasteiger partial charge is 0.245 e. The Labute approximate surface area is 103 Å². The van der Waals surface area contributed by atoms with Crippen LogP contribution in [0.5, 0.6) is 0 Å². The summed E-state index contributed by atoms with van der Waals surface area (Å²) in [5, 5.41) is 0.693. The molecule has 2 nitrogen and oxygen atoms in total. The van der Waals surface area contributed by atoms with E-state index in [9.17, 15) is 4.39 Å². The van der Waals surface area contributed by atoms with Gasteiger partial charge in [0, 0.05) is 11.1 Å². The van der Waals surface area contributed by atoms with Crippen LogP contribution in [-0.2, 0) is 0 Å². The van der Waals surface area contributed by atoms with Gasteiger partial charge in [0.15, 0.2) is 5.82 Å². The van der Waals surface area contributed by atoms with Gasteiger partial charge in [-0.05, 0) is 57.3 Å². The average Bonchev–Trinajstić information content (AvgIpc) is 2.18. The molecule has 0 aliphatic carbocycles. The number of nitrogens with zero attached hydrogens (tertiary/aromatic N) is 2. The van der Waals surface area contributed by atoms with E-state index in [0.29, 0.717) is 9.99 Å². The van der Waals surface area contributed by atoms with E-state index in [-0.39, 0.29) is 10.4 Å². The molecule has 0 amide bonds. The first-order valence-electron chi connectivity index (χ1n) is 4.29. The lowest BCUT2D eigenvalue weighted by molar-refractivity contribution is 0.616. The van der Waals surface area contributed by atoms with E-state index in [0.717, 1.165) is 16.8 Å². The molecule has 0 atom stereocenters. The number of pyridine rings is 2. The predicted octanol–water partition coefficient (Wildman–Crippen LogP) is 3.91. The van der Waals surface area contributed by atoms with Crippen molar-refractivity contribution in [2.75, 3.05) is 0 Å². The van der Waals surface area contributed by atoms with Crippen LogP contribution in [0.1, 0.15) is 11.3 Å². The molecule has 0 unspecified atom stereocenters.